The quantitative estimate of drug-likeness (QED) is 0.675. The average molecular weight is 244 g/mol. The molecule has 0 aromatic heterocycles. The minimum atomic E-state index is -0.995. The van der Waals surface area contributed by atoms with Crippen molar-refractivity contribution in [1.82, 2.24) is 5.32 Å². The molecule has 0 fully saturated rings. The first-order valence-corrected chi connectivity index (χ1v) is 5.45. The molecule has 0 unspecified atom stereocenters. The van der Waals surface area contributed by atoms with E-state index in [0.29, 0.717) is 0 Å². The van der Waals surface area contributed by atoms with Gasteiger partial charge in [-0.2, -0.15) is 0 Å². The van der Waals surface area contributed by atoms with Crippen LogP contribution in [-0.2, 0) is 0 Å². The first-order chi connectivity index (χ1) is 8.63. The van der Waals surface area contributed by atoms with Gasteiger partial charge in [0, 0.05) is 12.7 Å². The minimum Gasteiger partial charge on any atom is -0.465 e. The van der Waals surface area contributed by atoms with Crippen molar-refractivity contribution in [2.45, 2.75) is 0 Å². The van der Waals surface area contributed by atoms with Crippen LogP contribution in [-0.4, -0.2) is 18.2 Å². The summed E-state index contributed by atoms with van der Waals surface area (Å²) in [5.74, 6) is 0. The van der Waals surface area contributed by atoms with Gasteiger partial charge in [0.15, 0.2) is 0 Å². The van der Waals surface area contributed by atoms with Crippen molar-refractivity contribution < 1.29 is 9.90 Å². The van der Waals surface area contributed by atoms with Gasteiger partial charge in [-0.3, -0.25) is 0 Å². The van der Waals surface area contributed by atoms with Crippen molar-refractivity contribution >= 4 is 11.8 Å². The van der Waals surface area contributed by atoms with Crippen molar-refractivity contribution in [3.63, 3.8) is 0 Å². The molecular weight excluding hydrogens is 228 g/mol. The highest BCUT2D eigenvalue weighted by Gasteiger charge is 1.94. The average Bonchev–Trinajstić information content (AvgIpc) is 2.41. The molecular formula is C14H16N2O2. The fourth-order valence-electron chi connectivity index (χ4n) is 1.31. The number of nitrogens with two attached hydrogens (primary N) is 1. The summed E-state index contributed by atoms with van der Waals surface area (Å²) in [4.78, 5) is 9.26. The van der Waals surface area contributed by atoms with E-state index in [9.17, 15) is 4.79 Å². The number of nitrogens with one attached hydrogen (secondary N) is 1. The van der Waals surface area contributed by atoms with E-state index in [1.165, 1.54) is 18.2 Å². The highest BCUT2D eigenvalue weighted by Crippen LogP contribution is 2.19. The summed E-state index contributed by atoms with van der Waals surface area (Å²) in [6.07, 6.45) is -0.995. The third-order valence-corrected chi connectivity index (χ3v) is 2.23. The Bertz CT molecular complexity index is 481. The van der Waals surface area contributed by atoms with E-state index in [-0.39, 0.29) is 0 Å². The first kappa shape index (κ1) is 13.6. The predicted molar refractivity (Wildman–Crippen MR) is 73.4 cm³/mol. The lowest BCUT2D eigenvalue weighted by molar-refractivity contribution is 0.197. The summed E-state index contributed by atoms with van der Waals surface area (Å²) in [6.45, 7) is 0. The van der Waals surface area contributed by atoms with Gasteiger partial charge in [0.2, 0.25) is 0 Å². The van der Waals surface area contributed by atoms with Gasteiger partial charge >= 0.3 is 6.09 Å². The Hall–Kier alpha value is -2.49. The number of nitrogen functional groups attached to an aromatic ring is 1. The second-order valence-electron chi connectivity index (χ2n) is 3.54. The molecule has 0 aliphatic heterocycles. The number of carboxylic acid groups (broad SMARTS) is 1. The number of hydrogen-bond acceptors (Lipinski definition) is 2. The second-order valence-corrected chi connectivity index (χ2v) is 3.54. The summed E-state index contributed by atoms with van der Waals surface area (Å²) in [7, 11) is 1.35. The van der Waals surface area contributed by atoms with E-state index in [4.69, 9.17) is 10.8 Å². The van der Waals surface area contributed by atoms with Gasteiger partial charge in [0.1, 0.15) is 0 Å². The number of anilines is 1. The molecule has 18 heavy (non-hydrogen) atoms. The fourth-order valence-corrected chi connectivity index (χ4v) is 1.31. The molecule has 2 aromatic rings. The molecule has 0 spiro atoms. The number of amides is 1. The number of carbonyl (C=O) groups is 1. The van der Waals surface area contributed by atoms with Crippen molar-refractivity contribution in [2.75, 3.05) is 12.8 Å². The molecule has 0 saturated carbocycles. The van der Waals surface area contributed by atoms with Gasteiger partial charge in [0.25, 0.3) is 0 Å². The van der Waals surface area contributed by atoms with Gasteiger partial charge in [-0.25, -0.2) is 4.79 Å². The zero-order chi connectivity index (χ0) is 13.4. The standard InChI is InChI=1S/C12H11N.C2H5NO2/c13-12-8-6-11(7-9-12)10-4-2-1-3-5-10;1-3-2(4)5/h1-9H,13H2;3H,1H3,(H,4,5). The third-order valence-electron chi connectivity index (χ3n) is 2.23. The van der Waals surface area contributed by atoms with Crippen LogP contribution in [0, 0.1) is 0 Å². The Balaban J connectivity index is 0.000000280. The van der Waals surface area contributed by atoms with E-state index < -0.39 is 6.09 Å². The fraction of sp³-hybridized carbons (Fsp3) is 0.0714. The topological polar surface area (TPSA) is 75.3 Å². The Labute approximate surface area is 106 Å². The van der Waals surface area contributed by atoms with Crippen LogP contribution in [0.4, 0.5) is 10.5 Å². The van der Waals surface area contributed by atoms with Crippen LogP contribution in [0.2, 0.25) is 0 Å². The maximum absolute atomic E-state index is 9.26. The maximum atomic E-state index is 9.26. The highest BCUT2D eigenvalue weighted by atomic mass is 16.4. The molecule has 0 bridgehead atoms. The monoisotopic (exact) mass is 244 g/mol. The molecule has 4 heteroatoms. The van der Waals surface area contributed by atoms with Gasteiger partial charge in [-0.15, -0.1) is 0 Å². The Morgan fingerprint density at radius 2 is 1.44 bits per heavy atom. The van der Waals surface area contributed by atoms with Crippen LogP contribution in [0.25, 0.3) is 11.1 Å². The van der Waals surface area contributed by atoms with E-state index in [2.05, 4.69) is 12.1 Å². The normalized spacial score (nSPS) is 8.94. The minimum absolute atomic E-state index is 0.805. The van der Waals surface area contributed by atoms with Crippen LogP contribution in [0.3, 0.4) is 0 Å². The Morgan fingerprint density at radius 1 is 1.00 bits per heavy atom. The van der Waals surface area contributed by atoms with Crippen LogP contribution in [0.15, 0.2) is 54.6 Å². The van der Waals surface area contributed by atoms with E-state index in [1.807, 2.05) is 47.8 Å². The smallest absolute Gasteiger partial charge is 0.404 e. The number of benzene rings is 2. The third kappa shape index (κ3) is 4.57. The van der Waals surface area contributed by atoms with E-state index in [1.54, 1.807) is 0 Å². The Morgan fingerprint density at radius 3 is 1.89 bits per heavy atom. The predicted octanol–water partition coefficient (Wildman–Crippen LogP) is 2.82. The molecule has 0 radical (unpaired) electrons. The molecule has 0 atom stereocenters. The van der Waals surface area contributed by atoms with Crippen LogP contribution in [0.5, 0.6) is 0 Å². The molecule has 4 nitrogen and oxygen atoms in total. The number of hydrogen-bond donors (Lipinski definition) is 3. The van der Waals surface area contributed by atoms with E-state index >= 15 is 0 Å². The van der Waals surface area contributed by atoms with Crippen LogP contribution < -0.4 is 11.1 Å². The lowest BCUT2D eigenvalue weighted by atomic mass is 10.1. The SMILES string of the molecule is CNC(=O)O.Nc1ccc(-c2ccccc2)cc1. The summed E-state index contributed by atoms with van der Waals surface area (Å²) in [5, 5.41) is 9.56. The van der Waals surface area contributed by atoms with Crippen LogP contribution >= 0.6 is 0 Å². The summed E-state index contributed by atoms with van der Waals surface area (Å²) < 4.78 is 0. The van der Waals surface area contributed by atoms with Gasteiger partial charge < -0.3 is 16.2 Å². The molecule has 94 valence electrons. The molecule has 4 N–H and O–H groups in total. The highest BCUT2D eigenvalue weighted by molar-refractivity contribution is 5.65. The second kappa shape index (κ2) is 6.96. The van der Waals surface area contributed by atoms with Crippen molar-refractivity contribution in [3.8, 4) is 11.1 Å². The van der Waals surface area contributed by atoms with Crippen LogP contribution in [0.1, 0.15) is 0 Å². The van der Waals surface area contributed by atoms with Gasteiger partial charge in [-0.05, 0) is 23.3 Å². The van der Waals surface area contributed by atoms with Gasteiger partial charge in [-0.1, -0.05) is 42.5 Å². The van der Waals surface area contributed by atoms with E-state index in [0.717, 1.165) is 5.69 Å². The molecule has 0 aliphatic carbocycles. The Kier molecular flexibility index (Phi) is 5.25. The zero-order valence-corrected chi connectivity index (χ0v) is 10.1. The number of rotatable bonds is 1. The molecule has 0 saturated heterocycles. The summed E-state index contributed by atoms with van der Waals surface area (Å²) in [5.41, 5.74) is 8.84. The molecule has 2 aromatic carbocycles. The van der Waals surface area contributed by atoms with Gasteiger partial charge in [0.05, 0.1) is 0 Å². The molecule has 0 heterocycles. The first-order valence-electron chi connectivity index (χ1n) is 5.45. The summed E-state index contributed by atoms with van der Waals surface area (Å²) in [6, 6.07) is 18.2. The zero-order valence-electron chi connectivity index (χ0n) is 10.1. The molecule has 0 aliphatic rings. The molecule has 2 rings (SSSR count). The molecule has 1 amide bonds. The van der Waals surface area contributed by atoms with Crippen molar-refractivity contribution in [3.05, 3.63) is 54.6 Å². The van der Waals surface area contributed by atoms with Crippen molar-refractivity contribution in [1.29, 1.82) is 0 Å². The summed E-state index contributed by atoms with van der Waals surface area (Å²) >= 11 is 0. The van der Waals surface area contributed by atoms with Crippen molar-refractivity contribution in [2.24, 2.45) is 0 Å². The maximum Gasteiger partial charge on any atom is 0.404 e. The largest absolute Gasteiger partial charge is 0.465 e. The lowest BCUT2D eigenvalue weighted by Gasteiger charge is -2.00. The lowest BCUT2D eigenvalue weighted by Crippen LogP contribution is -2.13.